The SMILES string of the molecule is Cc1c(C(C)NC(=O)c2ccnc(Cl)c2)cnn1-c1ccccn1. The minimum Gasteiger partial charge on any atom is -0.345 e. The summed E-state index contributed by atoms with van der Waals surface area (Å²) in [6.45, 7) is 3.86. The first-order valence-electron chi connectivity index (χ1n) is 7.44. The van der Waals surface area contributed by atoms with Crippen LogP contribution in [-0.2, 0) is 0 Å². The standard InChI is InChI=1S/C17H16ClN5O/c1-11(22-17(24)13-6-8-19-15(18)9-13)14-10-21-23(12(14)2)16-5-3-4-7-20-16/h3-11H,1-2H3,(H,22,24). The number of nitrogens with one attached hydrogen (secondary N) is 1. The molecule has 1 amide bonds. The van der Waals surface area contributed by atoms with Gasteiger partial charge >= 0.3 is 0 Å². The largest absolute Gasteiger partial charge is 0.345 e. The highest BCUT2D eigenvalue weighted by Gasteiger charge is 2.17. The molecule has 3 rings (SSSR count). The second kappa shape index (κ2) is 6.80. The lowest BCUT2D eigenvalue weighted by atomic mass is 10.1. The Hall–Kier alpha value is -2.73. The van der Waals surface area contributed by atoms with Gasteiger partial charge in [0, 0.05) is 29.2 Å². The lowest BCUT2D eigenvalue weighted by molar-refractivity contribution is 0.0939. The average molecular weight is 342 g/mol. The molecule has 0 saturated heterocycles. The van der Waals surface area contributed by atoms with Crippen molar-refractivity contribution in [2.24, 2.45) is 0 Å². The van der Waals surface area contributed by atoms with Gasteiger partial charge in [-0.25, -0.2) is 14.6 Å². The number of hydrogen-bond donors (Lipinski definition) is 1. The molecule has 0 fully saturated rings. The Kier molecular flexibility index (Phi) is 4.57. The summed E-state index contributed by atoms with van der Waals surface area (Å²) in [5, 5.41) is 7.61. The third kappa shape index (κ3) is 3.28. The minimum atomic E-state index is -0.211. The van der Waals surface area contributed by atoms with Crippen LogP contribution in [0.25, 0.3) is 5.82 Å². The molecule has 7 heteroatoms. The van der Waals surface area contributed by atoms with E-state index in [2.05, 4.69) is 20.4 Å². The van der Waals surface area contributed by atoms with Gasteiger partial charge in [-0.05, 0) is 38.1 Å². The van der Waals surface area contributed by atoms with Crippen LogP contribution >= 0.6 is 11.6 Å². The summed E-state index contributed by atoms with van der Waals surface area (Å²) in [6.07, 6.45) is 4.97. The highest BCUT2D eigenvalue weighted by atomic mass is 35.5. The van der Waals surface area contributed by atoms with E-state index in [0.29, 0.717) is 5.56 Å². The second-order valence-corrected chi connectivity index (χ2v) is 5.73. The zero-order chi connectivity index (χ0) is 17.1. The Morgan fingerprint density at radius 1 is 1.25 bits per heavy atom. The van der Waals surface area contributed by atoms with Crippen LogP contribution in [0, 0.1) is 6.92 Å². The molecule has 0 saturated carbocycles. The van der Waals surface area contributed by atoms with Crippen molar-refractivity contribution in [2.45, 2.75) is 19.9 Å². The molecule has 0 aromatic carbocycles. The number of rotatable bonds is 4. The first kappa shape index (κ1) is 16.1. The second-order valence-electron chi connectivity index (χ2n) is 5.35. The molecule has 3 heterocycles. The summed E-state index contributed by atoms with van der Waals surface area (Å²) in [5.41, 5.74) is 2.32. The third-order valence-electron chi connectivity index (χ3n) is 3.72. The number of carbonyl (C=O) groups excluding carboxylic acids is 1. The predicted molar refractivity (Wildman–Crippen MR) is 91.2 cm³/mol. The lowest BCUT2D eigenvalue weighted by Crippen LogP contribution is -2.27. The summed E-state index contributed by atoms with van der Waals surface area (Å²) in [5.74, 6) is 0.525. The summed E-state index contributed by atoms with van der Waals surface area (Å²) in [6, 6.07) is 8.59. The van der Waals surface area contributed by atoms with Gasteiger partial charge in [-0.15, -0.1) is 0 Å². The Bertz CT molecular complexity index is 862. The third-order valence-corrected chi connectivity index (χ3v) is 3.92. The van der Waals surface area contributed by atoms with E-state index in [1.54, 1.807) is 23.1 Å². The summed E-state index contributed by atoms with van der Waals surface area (Å²) >= 11 is 5.83. The van der Waals surface area contributed by atoms with E-state index in [0.717, 1.165) is 17.1 Å². The van der Waals surface area contributed by atoms with Crippen molar-refractivity contribution in [1.29, 1.82) is 0 Å². The molecule has 0 spiro atoms. The maximum atomic E-state index is 12.3. The Morgan fingerprint density at radius 3 is 2.79 bits per heavy atom. The van der Waals surface area contributed by atoms with E-state index < -0.39 is 0 Å². The molecule has 24 heavy (non-hydrogen) atoms. The van der Waals surface area contributed by atoms with Gasteiger partial charge in [-0.2, -0.15) is 5.10 Å². The van der Waals surface area contributed by atoms with E-state index >= 15 is 0 Å². The van der Waals surface area contributed by atoms with E-state index in [9.17, 15) is 4.79 Å². The molecule has 1 atom stereocenters. The molecule has 1 unspecified atom stereocenters. The topological polar surface area (TPSA) is 72.7 Å². The van der Waals surface area contributed by atoms with Crippen molar-refractivity contribution in [3.05, 3.63) is 70.9 Å². The molecule has 122 valence electrons. The van der Waals surface area contributed by atoms with Gasteiger partial charge in [0.2, 0.25) is 0 Å². The van der Waals surface area contributed by atoms with Gasteiger partial charge in [0.15, 0.2) is 5.82 Å². The zero-order valence-electron chi connectivity index (χ0n) is 13.3. The lowest BCUT2D eigenvalue weighted by Gasteiger charge is -2.14. The van der Waals surface area contributed by atoms with Crippen LogP contribution in [0.2, 0.25) is 5.15 Å². The maximum absolute atomic E-state index is 12.3. The van der Waals surface area contributed by atoms with Gasteiger partial charge in [-0.3, -0.25) is 4.79 Å². The van der Waals surface area contributed by atoms with Gasteiger partial charge in [0.1, 0.15) is 5.15 Å². The Labute approximate surface area is 144 Å². The molecular weight excluding hydrogens is 326 g/mol. The Balaban J connectivity index is 1.80. The van der Waals surface area contributed by atoms with Crippen LogP contribution in [-0.4, -0.2) is 25.7 Å². The fourth-order valence-electron chi connectivity index (χ4n) is 2.46. The fraction of sp³-hybridized carbons (Fsp3) is 0.176. The number of aromatic nitrogens is 4. The molecule has 1 N–H and O–H groups in total. The predicted octanol–water partition coefficient (Wildman–Crippen LogP) is 3.12. The maximum Gasteiger partial charge on any atom is 0.251 e. The molecule has 0 aliphatic heterocycles. The number of amides is 1. The molecule has 6 nitrogen and oxygen atoms in total. The van der Waals surface area contributed by atoms with Crippen LogP contribution < -0.4 is 5.32 Å². The van der Waals surface area contributed by atoms with E-state index in [1.807, 2.05) is 32.0 Å². The number of halogens is 1. The smallest absolute Gasteiger partial charge is 0.251 e. The van der Waals surface area contributed by atoms with Crippen molar-refractivity contribution in [3.8, 4) is 5.82 Å². The van der Waals surface area contributed by atoms with Gasteiger partial charge in [-0.1, -0.05) is 17.7 Å². The van der Waals surface area contributed by atoms with Crippen molar-refractivity contribution < 1.29 is 4.79 Å². The first-order valence-corrected chi connectivity index (χ1v) is 7.82. The van der Waals surface area contributed by atoms with Crippen molar-refractivity contribution in [2.75, 3.05) is 0 Å². The monoisotopic (exact) mass is 341 g/mol. The summed E-state index contributed by atoms with van der Waals surface area (Å²) < 4.78 is 1.75. The fourth-order valence-corrected chi connectivity index (χ4v) is 2.63. The summed E-state index contributed by atoms with van der Waals surface area (Å²) in [7, 11) is 0. The molecule has 3 aromatic rings. The highest BCUT2D eigenvalue weighted by Crippen LogP contribution is 2.20. The number of pyridine rings is 2. The normalized spacial score (nSPS) is 12.0. The molecular formula is C17H16ClN5O. The van der Waals surface area contributed by atoms with Crippen LogP contribution in [0.4, 0.5) is 0 Å². The van der Waals surface area contributed by atoms with Gasteiger partial charge in [0.25, 0.3) is 5.91 Å². The zero-order valence-corrected chi connectivity index (χ0v) is 14.0. The number of carbonyl (C=O) groups is 1. The Morgan fingerprint density at radius 2 is 2.08 bits per heavy atom. The van der Waals surface area contributed by atoms with Crippen molar-refractivity contribution in [1.82, 2.24) is 25.1 Å². The quantitative estimate of drug-likeness (QED) is 0.740. The van der Waals surface area contributed by atoms with Crippen LogP contribution in [0.3, 0.4) is 0 Å². The number of nitrogens with zero attached hydrogens (tertiary/aromatic N) is 4. The van der Waals surface area contributed by atoms with E-state index in [4.69, 9.17) is 11.6 Å². The first-order chi connectivity index (χ1) is 11.6. The number of hydrogen-bond acceptors (Lipinski definition) is 4. The van der Waals surface area contributed by atoms with Gasteiger partial charge < -0.3 is 5.32 Å². The average Bonchev–Trinajstić information content (AvgIpc) is 2.97. The highest BCUT2D eigenvalue weighted by molar-refractivity contribution is 6.29. The minimum absolute atomic E-state index is 0.207. The van der Waals surface area contributed by atoms with Crippen LogP contribution in [0.1, 0.15) is 34.6 Å². The van der Waals surface area contributed by atoms with Gasteiger partial charge in [0.05, 0.1) is 12.2 Å². The van der Waals surface area contributed by atoms with E-state index in [1.165, 1.54) is 12.3 Å². The molecule has 0 aliphatic carbocycles. The van der Waals surface area contributed by atoms with Crippen LogP contribution in [0.15, 0.2) is 48.9 Å². The molecule has 0 aliphatic rings. The summed E-state index contributed by atoms with van der Waals surface area (Å²) in [4.78, 5) is 20.5. The molecule has 0 radical (unpaired) electrons. The molecule has 3 aromatic heterocycles. The molecule has 0 bridgehead atoms. The van der Waals surface area contributed by atoms with Crippen LogP contribution in [0.5, 0.6) is 0 Å². The van der Waals surface area contributed by atoms with Crippen molar-refractivity contribution in [3.63, 3.8) is 0 Å². The van der Waals surface area contributed by atoms with E-state index in [-0.39, 0.29) is 17.1 Å². The van der Waals surface area contributed by atoms with Crippen molar-refractivity contribution >= 4 is 17.5 Å².